The van der Waals surface area contributed by atoms with Crippen molar-refractivity contribution in [1.29, 1.82) is 0 Å². The Balaban J connectivity index is 2.13. The summed E-state index contributed by atoms with van der Waals surface area (Å²) >= 11 is 1.56. The van der Waals surface area contributed by atoms with E-state index >= 15 is 0 Å². The van der Waals surface area contributed by atoms with Crippen LogP contribution in [0.2, 0.25) is 0 Å². The first-order chi connectivity index (χ1) is 8.63. The lowest BCUT2D eigenvalue weighted by atomic mass is 10.3. The van der Waals surface area contributed by atoms with E-state index in [0.717, 1.165) is 34.2 Å². The van der Waals surface area contributed by atoms with Crippen LogP contribution in [0.25, 0.3) is 0 Å². The molecule has 2 heterocycles. The van der Waals surface area contributed by atoms with Gasteiger partial charge in [-0.3, -0.25) is 4.68 Å². The summed E-state index contributed by atoms with van der Waals surface area (Å²) in [5.74, 6) is 0. The molecule has 6 heteroatoms. The summed E-state index contributed by atoms with van der Waals surface area (Å²) in [6, 6.07) is 0. The van der Waals surface area contributed by atoms with Crippen LogP contribution in [-0.4, -0.2) is 26.9 Å². The number of aliphatic hydroxyl groups is 1. The molecule has 0 radical (unpaired) electrons. The number of aromatic nitrogens is 3. The molecule has 0 fully saturated rings. The smallest absolute Gasteiger partial charge is 0.185 e. The number of hydrogen-bond acceptors (Lipinski definition) is 5. The van der Waals surface area contributed by atoms with Crippen molar-refractivity contribution in [2.45, 2.75) is 26.5 Å². The molecule has 98 valence electrons. The van der Waals surface area contributed by atoms with Crippen molar-refractivity contribution in [3.8, 4) is 0 Å². The summed E-state index contributed by atoms with van der Waals surface area (Å²) in [6.07, 6.45) is 4.71. The van der Waals surface area contributed by atoms with Gasteiger partial charge in [0.15, 0.2) is 5.13 Å². The lowest BCUT2D eigenvalue weighted by Gasteiger charge is -2.13. The van der Waals surface area contributed by atoms with Crippen molar-refractivity contribution in [3.05, 3.63) is 28.5 Å². The Morgan fingerprint density at radius 1 is 1.50 bits per heavy atom. The van der Waals surface area contributed by atoms with Crippen molar-refractivity contribution < 1.29 is 5.11 Å². The molecule has 2 aromatic heterocycles. The highest BCUT2D eigenvalue weighted by molar-refractivity contribution is 7.15. The molecule has 0 aromatic carbocycles. The Hall–Kier alpha value is -1.40. The second kappa shape index (κ2) is 5.49. The SMILES string of the molecule is CCc1nc(N(C)Cc2cnn(C)c2)sc1CO. The quantitative estimate of drug-likeness (QED) is 0.892. The van der Waals surface area contributed by atoms with Crippen molar-refractivity contribution in [2.75, 3.05) is 11.9 Å². The van der Waals surface area contributed by atoms with Gasteiger partial charge in [-0.25, -0.2) is 4.98 Å². The van der Waals surface area contributed by atoms with Crippen molar-refractivity contribution >= 4 is 16.5 Å². The Morgan fingerprint density at radius 2 is 2.28 bits per heavy atom. The number of thiazole rings is 1. The molecule has 0 bridgehead atoms. The van der Waals surface area contributed by atoms with Crippen LogP contribution in [0.15, 0.2) is 12.4 Å². The third-order valence-electron chi connectivity index (χ3n) is 2.75. The molecular weight excluding hydrogens is 248 g/mol. The first-order valence-corrected chi connectivity index (χ1v) is 6.73. The lowest BCUT2D eigenvalue weighted by Crippen LogP contribution is -2.15. The zero-order valence-electron chi connectivity index (χ0n) is 10.9. The highest BCUT2D eigenvalue weighted by Crippen LogP contribution is 2.27. The molecule has 0 atom stereocenters. The second-order valence-electron chi connectivity index (χ2n) is 4.26. The highest BCUT2D eigenvalue weighted by atomic mass is 32.1. The van der Waals surface area contributed by atoms with Crippen LogP contribution in [0.5, 0.6) is 0 Å². The number of nitrogens with zero attached hydrogens (tertiary/aromatic N) is 4. The number of aliphatic hydroxyl groups excluding tert-OH is 1. The molecule has 18 heavy (non-hydrogen) atoms. The van der Waals surface area contributed by atoms with Crippen LogP contribution in [0, 0.1) is 0 Å². The first kappa shape index (κ1) is 13.0. The maximum atomic E-state index is 9.28. The van der Waals surface area contributed by atoms with Crippen LogP contribution >= 0.6 is 11.3 Å². The minimum Gasteiger partial charge on any atom is -0.391 e. The molecule has 0 spiro atoms. The monoisotopic (exact) mass is 266 g/mol. The molecule has 0 unspecified atom stereocenters. The molecule has 0 aliphatic rings. The predicted octanol–water partition coefficient (Wildman–Crippen LogP) is 1.57. The summed E-state index contributed by atoms with van der Waals surface area (Å²) in [5.41, 5.74) is 2.15. The van der Waals surface area contributed by atoms with Gasteiger partial charge in [0.05, 0.1) is 23.4 Å². The molecule has 0 amide bonds. The summed E-state index contributed by atoms with van der Waals surface area (Å²) in [4.78, 5) is 7.61. The van der Waals surface area contributed by atoms with Gasteiger partial charge in [0, 0.05) is 32.4 Å². The van der Waals surface area contributed by atoms with Crippen LogP contribution in [0.4, 0.5) is 5.13 Å². The van der Waals surface area contributed by atoms with E-state index in [0.29, 0.717) is 0 Å². The minimum absolute atomic E-state index is 0.0710. The summed E-state index contributed by atoms with van der Waals surface area (Å²) in [6.45, 7) is 2.90. The third-order valence-corrected chi connectivity index (χ3v) is 3.95. The van der Waals surface area contributed by atoms with Crippen LogP contribution < -0.4 is 4.90 Å². The highest BCUT2D eigenvalue weighted by Gasteiger charge is 2.12. The molecule has 2 aromatic rings. The van der Waals surface area contributed by atoms with E-state index in [-0.39, 0.29) is 6.61 Å². The molecule has 0 saturated heterocycles. The van der Waals surface area contributed by atoms with Gasteiger partial charge < -0.3 is 10.0 Å². The molecule has 1 N–H and O–H groups in total. The van der Waals surface area contributed by atoms with Crippen LogP contribution in [0.1, 0.15) is 23.1 Å². The number of anilines is 1. The van der Waals surface area contributed by atoms with E-state index in [1.165, 1.54) is 0 Å². The van der Waals surface area contributed by atoms with E-state index in [9.17, 15) is 5.11 Å². The molecule has 0 saturated carbocycles. The standard InChI is InChI=1S/C12H18N4OS/c1-4-10-11(8-17)18-12(14-10)15(2)6-9-5-13-16(3)7-9/h5,7,17H,4,6,8H2,1-3H3. The average molecular weight is 266 g/mol. The first-order valence-electron chi connectivity index (χ1n) is 5.92. The second-order valence-corrected chi connectivity index (χ2v) is 5.32. The van der Waals surface area contributed by atoms with Gasteiger partial charge in [0.2, 0.25) is 0 Å². The van der Waals surface area contributed by atoms with Crippen molar-refractivity contribution in [1.82, 2.24) is 14.8 Å². The fourth-order valence-corrected chi connectivity index (χ4v) is 2.80. The maximum absolute atomic E-state index is 9.28. The van der Waals surface area contributed by atoms with Gasteiger partial charge in [-0.15, -0.1) is 0 Å². The van der Waals surface area contributed by atoms with E-state index in [2.05, 4.69) is 21.9 Å². The fourth-order valence-electron chi connectivity index (χ4n) is 1.83. The zero-order valence-corrected chi connectivity index (χ0v) is 11.7. The number of hydrogen-bond donors (Lipinski definition) is 1. The van der Waals surface area contributed by atoms with Gasteiger partial charge in [0.25, 0.3) is 0 Å². The van der Waals surface area contributed by atoms with Gasteiger partial charge in [-0.2, -0.15) is 5.10 Å². The Labute approximate surface area is 111 Å². The summed E-state index contributed by atoms with van der Waals surface area (Å²) in [5, 5.41) is 14.4. The Bertz CT molecular complexity index is 498. The van der Waals surface area contributed by atoms with E-state index < -0.39 is 0 Å². The Morgan fingerprint density at radius 3 is 2.78 bits per heavy atom. The molecule has 0 aliphatic carbocycles. The van der Waals surface area contributed by atoms with Gasteiger partial charge in [0.1, 0.15) is 0 Å². The lowest BCUT2D eigenvalue weighted by molar-refractivity contribution is 0.284. The predicted molar refractivity (Wildman–Crippen MR) is 72.7 cm³/mol. The van der Waals surface area contributed by atoms with Crippen LogP contribution in [0.3, 0.4) is 0 Å². The van der Waals surface area contributed by atoms with Gasteiger partial charge in [-0.1, -0.05) is 18.3 Å². The van der Waals surface area contributed by atoms with Crippen molar-refractivity contribution in [3.63, 3.8) is 0 Å². The largest absolute Gasteiger partial charge is 0.391 e. The maximum Gasteiger partial charge on any atom is 0.185 e. The molecule has 2 rings (SSSR count). The molecule has 5 nitrogen and oxygen atoms in total. The van der Waals surface area contributed by atoms with Gasteiger partial charge >= 0.3 is 0 Å². The van der Waals surface area contributed by atoms with Crippen LogP contribution in [-0.2, 0) is 26.6 Å². The fraction of sp³-hybridized carbons (Fsp3) is 0.500. The summed E-state index contributed by atoms with van der Waals surface area (Å²) < 4.78 is 1.79. The topological polar surface area (TPSA) is 54.2 Å². The van der Waals surface area contributed by atoms with Gasteiger partial charge in [-0.05, 0) is 6.42 Å². The zero-order chi connectivity index (χ0) is 13.1. The average Bonchev–Trinajstić information content (AvgIpc) is 2.95. The number of rotatable bonds is 5. The third kappa shape index (κ3) is 2.70. The normalized spacial score (nSPS) is 10.9. The summed E-state index contributed by atoms with van der Waals surface area (Å²) in [7, 11) is 3.92. The Kier molecular flexibility index (Phi) is 3.98. The minimum atomic E-state index is 0.0710. The van der Waals surface area contributed by atoms with Crippen molar-refractivity contribution in [2.24, 2.45) is 7.05 Å². The van der Waals surface area contributed by atoms with E-state index in [1.807, 2.05) is 26.5 Å². The number of aryl methyl sites for hydroxylation is 2. The van der Waals surface area contributed by atoms with E-state index in [1.54, 1.807) is 16.0 Å². The molecule has 0 aliphatic heterocycles. The van der Waals surface area contributed by atoms with E-state index in [4.69, 9.17) is 0 Å². The molecular formula is C12H18N4OS.